The van der Waals surface area contributed by atoms with Gasteiger partial charge >= 0.3 is 0 Å². The maximum atomic E-state index is 11.8. The first-order chi connectivity index (χ1) is 9.44. The van der Waals surface area contributed by atoms with Crippen molar-refractivity contribution in [3.05, 3.63) is 21.9 Å². The summed E-state index contributed by atoms with van der Waals surface area (Å²) in [5.41, 5.74) is -0.000561. The molecule has 0 aliphatic carbocycles. The summed E-state index contributed by atoms with van der Waals surface area (Å²) in [6.45, 7) is 2.17. The van der Waals surface area contributed by atoms with E-state index in [1.165, 1.54) is 9.75 Å². The van der Waals surface area contributed by atoms with Crippen LogP contribution in [0.3, 0.4) is 0 Å². The Labute approximate surface area is 142 Å². The molecule has 0 spiro atoms. The molecule has 0 N–H and O–H groups in total. The van der Waals surface area contributed by atoms with Gasteiger partial charge in [-0.1, -0.05) is 38.8 Å². The highest BCUT2D eigenvalue weighted by Crippen LogP contribution is 2.42. The largest absolute Gasteiger partial charge is 0.229 e. The first-order valence-corrected chi connectivity index (χ1v) is 11.7. The van der Waals surface area contributed by atoms with Crippen LogP contribution < -0.4 is 0 Å². The van der Waals surface area contributed by atoms with Gasteiger partial charge in [-0.05, 0) is 42.7 Å². The molecule has 1 atom stereocenters. The Morgan fingerprint density at radius 3 is 2.40 bits per heavy atom. The van der Waals surface area contributed by atoms with Crippen molar-refractivity contribution < 1.29 is 8.42 Å². The second kappa shape index (κ2) is 6.80. The molecule has 1 fully saturated rings. The van der Waals surface area contributed by atoms with Crippen LogP contribution in [0, 0.1) is 11.3 Å². The summed E-state index contributed by atoms with van der Waals surface area (Å²) < 4.78 is 23.6. The zero-order chi connectivity index (χ0) is 14.8. The maximum absolute atomic E-state index is 11.8. The highest BCUT2D eigenvalue weighted by atomic mass is 79.9. The molecular formula is C14H20Br2O2S2. The second-order valence-corrected chi connectivity index (χ2v) is 10.2. The Hall–Kier alpha value is 0.610. The van der Waals surface area contributed by atoms with Crippen LogP contribution in [0.2, 0.25) is 0 Å². The van der Waals surface area contributed by atoms with Crippen molar-refractivity contribution in [1.29, 1.82) is 0 Å². The van der Waals surface area contributed by atoms with Crippen molar-refractivity contribution >= 4 is 53.0 Å². The van der Waals surface area contributed by atoms with Crippen molar-refractivity contribution in [1.82, 2.24) is 0 Å². The summed E-state index contributed by atoms with van der Waals surface area (Å²) in [5, 5.41) is 1.68. The first kappa shape index (κ1) is 17.0. The van der Waals surface area contributed by atoms with Crippen molar-refractivity contribution in [3.63, 3.8) is 0 Å². The van der Waals surface area contributed by atoms with E-state index >= 15 is 0 Å². The number of hydrogen-bond donors (Lipinski definition) is 0. The van der Waals surface area contributed by atoms with E-state index in [0.29, 0.717) is 11.5 Å². The lowest BCUT2D eigenvalue weighted by molar-refractivity contribution is 0.255. The number of halogens is 2. The van der Waals surface area contributed by atoms with E-state index in [1.807, 2.05) is 11.3 Å². The van der Waals surface area contributed by atoms with Gasteiger partial charge < -0.3 is 0 Å². The first-order valence-electron chi connectivity index (χ1n) is 6.84. The molecule has 20 heavy (non-hydrogen) atoms. The Morgan fingerprint density at radius 1 is 1.30 bits per heavy atom. The van der Waals surface area contributed by atoms with Gasteiger partial charge in [-0.15, -0.1) is 11.3 Å². The summed E-state index contributed by atoms with van der Waals surface area (Å²) in [6.07, 6.45) is 2.82. The van der Waals surface area contributed by atoms with E-state index in [0.717, 1.165) is 29.9 Å². The molecule has 1 unspecified atom stereocenters. The standard InChI is InChI=1S/C14H20Br2O2S2/c1-2-12-3-4-13(19-12)7-14(9-15,10-16)11-5-6-20(17,18)8-11/h3-4,11H,2,5-10H2,1H3. The fraction of sp³-hybridized carbons (Fsp3) is 0.714. The van der Waals surface area contributed by atoms with Gasteiger partial charge in [0.2, 0.25) is 0 Å². The molecule has 1 aromatic heterocycles. The molecular weight excluding hydrogens is 424 g/mol. The molecule has 1 aromatic rings. The summed E-state index contributed by atoms with van der Waals surface area (Å²) in [5.74, 6) is 0.943. The molecule has 6 heteroatoms. The van der Waals surface area contributed by atoms with Crippen LogP contribution in [-0.4, -0.2) is 30.6 Å². The third-order valence-electron chi connectivity index (χ3n) is 4.22. The molecule has 0 amide bonds. The minimum absolute atomic E-state index is 0.000561. The normalized spacial score (nSPS) is 22.2. The number of hydrogen-bond acceptors (Lipinski definition) is 3. The topological polar surface area (TPSA) is 34.1 Å². The van der Waals surface area contributed by atoms with E-state index in [1.54, 1.807) is 0 Å². The van der Waals surface area contributed by atoms with Crippen LogP contribution >= 0.6 is 43.2 Å². The van der Waals surface area contributed by atoms with Gasteiger partial charge in [0.25, 0.3) is 0 Å². The minimum Gasteiger partial charge on any atom is -0.229 e. The molecule has 0 saturated carbocycles. The van der Waals surface area contributed by atoms with E-state index in [9.17, 15) is 8.42 Å². The third-order valence-corrected chi connectivity index (χ3v) is 9.45. The highest BCUT2D eigenvalue weighted by molar-refractivity contribution is 9.09. The third kappa shape index (κ3) is 3.68. The average Bonchev–Trinajstić information content (AvgIpc) is 3.02. The number of thiophene rings is 1. The SMILES string of the molecule is CCc1ccc(CC(CBr)(CBr)C2CCS(=O)(=O)C2)s1. The second-order valence-electron chi connectivity index (χ2n) is 5.63. The molecule has 2 nitrogen and oxygen atoms in total. The van der Waals surface area contributed by atoms with E-state index in [2.05, 4.69) is 50.9 Å². The predicted molar refractivity (Wildman–Crippen MR) is 94.2 cm³/mol. The molecule has 0 bridgehead atoms. The van der Waals surface area contributed by atoms with Gasteiger partial charge in [-0.2, -0.15) is 0 Å². The van der Waals surface area contributed by atoms with Crippen LogP contribution in [0.5, 0.6) is 0 Å². The Balaban J connectivity index is 2.21. The lowest BCUT2D eigenvalue weighted by Crippen LogP contribution is -2.37. The van der Waals surface area contributed by atoms with Crippen LogP contribution in [0.25, 0.3) is 0 Å². The van der Waals surface area contributed by atoms with Gasteiger partial charge in [0, 0.05) is 20.4 Å². The number of sulfone groups is 1. The van der Waals surface area contributed by atoms with Gasteiger partial charge in [0.1, 0.15) is 0 Å². The predicted octanol–water partition coefficient (Wildman–Crippen LogP) is 4.06. The molecule has 1 aliphatic rings. The summed E-state index contributed by atoms with van der Waals surface area (Å²) in [6, 6.07) is 4.39. The quantitative estimate of drug-likeness (QED) is 0.621. The van der Waals surface area contributed by atoms with Crippen molar-refractivity contribution in [3.8, 4) is 0 Å². The molecule has 0 radical (unpaired) electrons. The van der Waals surface area contributed by atoms with Crippen molar-refractivity contribution in [2.75, 3.05) is 22.2 Å². The van der Waals surface area contributed by atoms with E-state index in [-0.39, 0.29) is 11.3 Å². The average molecular weight is 444 g/mol. The van der Waals surface area contributed by atoms with Crippen LogP contribution in [0.4, 0.5) is 0 Å². The summed E-state index contributed by atoms with van der Waals surface area (Å²) in [7, 11) is -2.83. The molecule has 1 saturated heterocycles. The Bertz CT molecular complexity index is 547. The zero-order valence-corrected chi connectivity index (χ0v) is 16.4. The van der Waals surface area contributed by atoms with Gasteiger partial charge in [-0.25, -0.2) is 8.42 Å². The number of alkyl halides is 2. The smallest absolute Gasteiger partial charge is 0.150 e. The van der Waals surface area contributed by atoms with E-state index < -0.39 is 9.84 Å². The molecule has 1 aliphatic heterocycles. The minimum atomic E-state index is -2.83. The lowest BCUT2D eigenvalue weighted by Gasteiger charge is -2.35. The van der Waals surface area contributed by atoms with Crippen molar-refractivity contribution in [2.45, 2.75) is 26.2 Å². The molecule has 2 heterocycles. The number of aryl methyl sites for hydroxylation is 1. The molecule has 0 aromatic carbocycles. The fourth-order valence-corrected chi connectivity index (χ4v) is 8.12. The highest BCUT2D eigenvalue weighted by Gasteiger charge is 2.43. The van der Waals surface area contributed by atoms with Crippen LogP contribution in [-0.2, 0) is 22.7 Å². The molecule has 114 valence electrons. The Morgan fingerprint density at radius 2 is 1.95 bits per heavy atom. The van der Waals surface area contributed by atoms with Crippen LogP contribution in [0.1, 0.15) is 23.1 Å². The summed E-state index contributed by atoms with van der Waals surface area (Å²) in [4.78, 5) is 2.77. The van der Waals surface area contributed by atoms with Gasteiger partial charge in [0.15, 0.2) is 9.84 Å². The van der Waals surface area contributed by atoms with E-state index in [4.69, 9.17) is 0 Å². The Kier molecular flexibility index (Phi) is 5.77. The monoisotopic (exact) mass is 442 g/mol. The fourth-order valence-electron chi connectivity index (χ4n) is 2.83. The van der Waals surface area contributed by atoms with Gasteiger partial charge in [0.05, 0.1) is 11.5 Å². The van der Waals surface area contributed by atoms with Crippen molar-refractivity contribution in [2.24, 2.45) is 11.3 Å². The van der Waals surface area contributed by atoms with Gasteiger partial charge in [-0.3, -0.25) is 0 Å². The lowest BCUT2D eigenvalue weighted by atomic mass is 9.75. The zero-order valence-electron chi connectivity index (χ0n) is 11.6. The maximum Gasteiger partial charge on any atom is 0.150 e. The van der Waals surface area contributed by atoms with Crippen LogP contribution in [0.15, 0.2) is 12.1 Å². The summed E-state index contributed by atoms with van der Waals surface area (Å²) >= 11 is 9.14. The number of rotatable bonds is 6. The molecule has 2 rings (SSSR count).